The monoisotopic (exact) mass is 393 g/mol. The molecule has 2 aromatic carbocycles. The van der Waals surface area contributed by atoms with Crippen molar-refractivity contribution in [2.45, 2.75) is 32.4 Å². The maximum absolute atomic E-state index is 12.6. The molecule has 2 amide bonds. The molecule has 0 unspecified atom stereocenters. The predicted octanol–water partition coefficient (Wildman–Crippen LogP) is 4.64. The number of benzene rings is 2. The number of hydrogen-bond donors (Lipinski definition) is 0. The van der Waals surface area contributed by atoms with Crippen LogP contribution in [0.15, 0.2) is 54.6 Å². The van der Waals surface area contributed by atoms with Crippen LogP contribution >= 0.6 is 0 Å². The van der Waals surface area contributed by atoms with Gasteiger partial charge in [-0.3, -0.25) is 14.5 Å². The molecule has 0 aromatic heterocycles. The third-order valence-corrected chi connectivity index (χ3v) is 4.04. The molecule has 0 aliphatic rings. The molecule has 0 fully saturated rings. The van der Waals surface area contributed by atoms with Gasteiger partial charge < -0.3 is 4.74 Å². The molecule has 0 saturated heterocycles. The van der Waals surface area contributed by atoms with E-state index in [4.69, 9.17) is 4.74 Å². The van der Waals surface area contributed by atoms with Crippen LogP contribution in [0.4, 0.5) is 13.2 Å². The van der Waals surface area contributed by atoms with Crippen LogP contribution in [0.1, 0.15) is 35.7 Å². The van der Waals surface area contributed by atoms with E-state index in [1.807, 2.05) is 18.2 Å². The first-order chi connectivity index (χ1) is 13.3. The van der Waals surface area contributed by atoms with Crippen molar-refractivity contribution in [1.82, 2.24) is 4.90 Å². The number of carbonyl (C=O) groups excluding carboxylic acids is 2. The van der Waals surface area contributed by atoms with Gasteiger partial charge in [-0.15, -0.1) is 0 Å². The largest absolute Gasteiger partial charge is 0.494 e. The standard InChI is InChI=1S/C21H22F3NO3/c1-16(26)25(15-21(22,23)24)20(27)18-10-12-19(13-11-18)28-14-6-5-9-17-7-3-2-4-8-17/h2-4,7-8,10-13H,5-6,9,14-15H2,1H3. The summed E-state index contributed by atoms with van der Waals surface area (Å²) < 4.78 is 43.2. The molecule has 2 aromatic rings. The lowest BCUT2D eigenvalue weighted by atomic mass is 10.1. The van der Waals surface area contributed by atoms with Gasteiger partial charge in [0.1, 0.15) is 12.3 Å². The van der Waals surface area contributed by atoms with Crippen LogP contribution in [-0.2, 0) is 11.2 Å². The smallest absolute Gasteiger partial charge is 0.406 e. The van der Waals surface area contributed by atoms with Crippen LogP contribution in [0, 0.1) is 0 Å². The molecule has 150 valence electrons. The molecular weight excluding hydrogens is 371 g/mol. The van der Waals surface area contributed by atoms with Gasteiger partial charge >= 0.3 is 6.18 Å². The van der Waals surface area contributed by atoms with Crippen molar-refractivity contribution in [2.75, 3.05) is 13.2 Å². The summed E-state index contributed by atoms with van der Waals surface area (Å²) in [5.74, 6) is -1.43. The highest BCUT2D eigenvalue weighted by molar-refractivity contribution is 6.04. The summed E-state index contributed by atoms with van der Waals surface area (Å²) in [6.07, 6.45) is -1.88. The van der Waals surface area contributed by atoms with Gasteiger partial charge in [0.05, 0.1) is 6.61 Å². The zero-order valence-electron chi connectivity index (χ0n) is 15.5. The van der Waals surface area contributed by atoms with Crippen LogP contribution in [0.3, 0.4) is 0 Å². The van der Waals surface area contributed by atoms with Crippen LogP contribution in [0.25, 0.3) is 0 Å². The van der Waals surface area contributed by atoms with E-state index in [1.54, 1.807) is 0 Å². The Bertz CT molecular complexity index is 774. The summed E-state index contributed by atoms with van der Waals surface area (Å²) in [5.41, 5.74) is 1.26. The van der Waals surface area contributed by atoms with Crippen molar-refractivity contribution in [1.29, 1.82) is 0 Å². The van der Waals surface area contributed by atoms with Crippen molar-refractivity contribution < 1.29 is 27.5 Å². The van der Waals surface area contributed by atoms with Gasteiger partial charge in [-0.05, 0) is 49.1 Å². The summed E-state index contributed by atoms with van der Waals surface area (Å²) >= 11 is 0. The zero-order chi connectivity index (χ0) is 20.6. The summed E-state index contributed by atoms with van der Waals surface area (Å²) in [4.78, 5) is 23.7. The molecule has 4 nitrogen and oxygen atoms in total. The number of imide groups is 1. The van der Waals surface area contributed by atoms with Gasteiger partial charge in [0, 0.05) is 12.5 Å². The van der Waals surface area contributed by atoms with Gasteiger partial charge in [0.25, 0.3) is 5.91 Å². The Morgan fingerprint density at radius 2 is 1.61 bits per heavy atom. The number of ether oxygens (including phenoxy) is 1. The van der Waals surface area contributed by atoms with Crippen LogP contribution in [0.2, 0.25) is 0 Å². The van der Waals surface area contributed by atoms with Crippen LogP contribution in [0.5, 0.6) is 5.75 Å². The highest BCUT2D eigenvalue weighted by Gasteiger charge is 2.35. The summed E-state index contributed by atoms with van der Waals surface area (Å²) in [5, 5.41) is 0. The zero-order valence-corrected chi connectivity index (χ0v) is 15.5. The molecular formula is C21H22F3NO3. The van der Waals surface area contributed by atoms with E-state index in [9.17, 15) is 22.8 Å². The normalized spacial score (nSPS) is 11.1. The summed E-state index contributed by atoms with van der Waals surface area (Å²) in [6, 6.07) is 15.8. The Kier molecular flexibility index (Phi) is 7.61. The van der Waals surface area contributed by atoms with E-state index < -0.39 is 24.5 Å². The first-order valence-corrected chi connectivity index (χ1v) is 8.92. The molecule has 0 saturated carbocycles. The third-order valence-electron chi connectivity index (χ3n) is 4.04. The molecule has 0 spiro atoms. The fraction of sp³-hybridized carbons (Fsp3) is 0.333. The number of rotatable bonds is 8. The molecule has 0 atom stereocenters. The second-order valence-corrected chi connectivity index (χ2v) is 6.34. The molecule has 0 bridgehead atoms. The van der Waals surface area contributed by atoms with E-state index in [0.29, 0.717) is 12.4 Å². The average Bonchev–Trinajstić information content (AvgIpc) is 2.66. The third kappa shape index (κ3) is 7.06. The first-order valence-electron chi connectivity index (χ1n) is 8.92. The Hall–Kier alpha value is -2.83. The van der Waals surface area contributed by atoms with Crippen molar-refractivity contribution in [3.05, 3.63) is 65.7 Å². The number of unbranched alkanes of at least 4 members (excludes halogenated alkanes) is 1. The minimum Gasteiger partial charge on any atom is -0.494 e. The summed E-state index contributed by atoms with van der Waals surface area (Å²) in [7, 11) is 0. The van der Waals surface area contributed by atoms with E-state index >= 15 is 0 Å². The minimum absolute atomic E-state index is 0.00382. The van der Waals surface area contributed by atoms with E-state index in [2.05, 4.69) is 12.1 Å². The number of hydrogen-bond acceptors (Lipinski definition) is 3. The number of alkyl halides is 3. The number of carbonyl (C=O) groups is 2. The Morgan fingerprint density at radius 3 is 2.18 bits per heavy atom. The predicted molar refractivity (Wildman–Crippen MR) is 99.1 cm³/mol. The topological polar surface area (TPSA) is 46.6 Å². The van der Waals surface area contributed by atoms with Crippen molar-refractivity contribution in [3.63, 3.8) is 0 Å². The SMILES string of the molecule is CC(=O)N(CC(F)(F)F)C(=O)c1ccc(OCCCCc2ccccc2)cc1. The molecule has 7 heteroatoms. The maximum atomic E-state index is 12.6. The number of amides is 2. The maximum Gasteiger partial charge on any atom is 0.406 e. The van der Waals surface area contributed by atoms with Crippen molar-refractivity contribution >= 4 is 11.8 Å². The number of nitrogens with zero attached hydrogens (tertiary/aromatic N) is 1. The van der Waals surface area contributed by atoms with E-state index in [-0.39, 0.29) is 10.5 Å². The molecule has 0 radical (unpaired) electrons. The molecule has 0 heterocycles. The minimum atomic E-state index is -4.65. The molecule has 28 heavy (non-hydrogen) atoms. The quantitative estimate of drug-likeness (QED) is 0.614. The summed E-state index contributed by atoms with van der Waals surface area (Å²) in [6.45, 7) is -0.189. The van der Waals surface area contributed by atoms with Gasteiger partial charge in [-0.2, -0.15) is 13.2 Å². The second-order valence-electron chi connectivity index (χ2n) is 6.34. The fourth-order valence-corrected chi connectivity index (χ4v) is 2.62. The average molecular weight is 393 g/mol. The lowest BCUT2D eigenvalue weighted by Crippen LogP contribution is -2.42. The Labute approximate surface area is 161 Å². The highest BCUT2D eigenvalue weighted by atomic mass is 19.4. The van der Waals surface area contributed by atoms with E-state index in [1.165, 1.54) is 29.8 Å². The van der Waals surface area contributed by atoms with Crippen molar-refractivity contribution in [2.24, 2.45) is 0 Å². The van der Waals surface area contributed by atoms with Crippen LogP contribution < -0.4 is 4.74 Å². The number of aryl methyl sites for hydroxylation is 1. The van der Waals surface area contributed by atoms with Crippen molar-refractivity contribution in [3.8, 4) is 5.75 Å². The molecule has 0 N–H and O–H groups in total. The second kappa shape index (κ2) is 9.92. The Balaban J connectivity index is 1.83. The van der Waals surface area contributed by atoms with Gasteiger partial charge in [0.2, 0.25) is 5.91 Å². The lowest BCUT2D eigenvalue weighted by molar-refractivity contribution is -0.154. The number of halogens is 3. The van der Waals surface area contributed by atoms with Crippen LogP contribution in [-0.4, -0.2) is 36.0 Å². The first kappa shape index (κ1) is 21.5. The van der Waals surface area contributed by atoms with Gasteiger partial charge in [-0.1, -0.05) is 30.3 Å². The van der Waals surface area contributed by atoms with E-state index in [0.717, 1.165) is 26.2 Å². The Morgan fingerprint density at radius 1 is 0.964 bits per heavy atom. The van der Waals surface area contributed by atoms with Gasteiger partial charge in [-0.25, -0.2) is 0 Å². The molecule has 0 aliphatic carbocycles. The molecule has 2 rings (SSSR count). The lowest BCUT2D eigenvalue weighted by Gasteiger charge is -2.20. The fourth-order valence-electron chi connectivity index (χ4n) is 2.62. The highest BCUT2D eigenvalue weighted by Crippen LogP contribution is 2.20. The van der Waals surface area contributed by atoms with Gasteiger partial charge in [0.15, 0.2) is 0 Å². The molecule has 0 aliphatic heterocycles.